The summed E-state index contributed by atoms with van der Waals surface area (Å²) in [6, 6.07) is 0. The van der Waals surface area contributed by atoms with Crippen molar-refractivity contribution >= 4 is 6.34 Å². The Kier molecular flexibility index (Phi) is 10.7. The lowest BCUT2D eigenvalue weighted by Gasteiger charge is -2.06. The molecule has 0 radical (unpaired) electrons. The Bertz CT molecular complexity index is 248. The zero-order valence-electron chi connectivity index (χ0n) is 14.1. The summed E-state index contributed by atoms with van der Waals surface area (Å²) in [4.78, 5) is 2.47. The summed E-state index contributed by atoms with van der Waals surface area (Å²) in [5, 5.41) is 0. The highest BCUT2D eigenvalue weighted by molar-refractivity contribution is 5.50. The van der Waals surface area contributed by atoms with Crippen LogP contribution in [0.5, 0.6) is 0 Å². The van der Waals surface area contributed by atoms with Crippen molar-refractivity contribution in [2.75, 3.05) is 26.7 Å². The van der Waals surface area contributed by atoms with E-state index in [0.717, 1.165) is 0 Å². The Hall–Kier alpha value is -0.530. The average molecular weight is 282 g/mol. The Morgan fingerprint density at radius 2 is 1.30 bits per heavy atom. The molecule has 0 aromatic heterocycles. The van der Waals surface area contributed by atoms with Gasteiger partial charge >= 0.3 is 0 Å². The second kappa shape index (κ2) is 12.2. The van der Waals surface area contributed by atoms with Crippen molar-refractivity contribution in [1.29, 1.82) is 0 Å². The van der Waals surface area contributed by atoms with Gasteiger partial charge < -0.3 is 0 Å². The van der Waals surface area contributed by atoms with Crippen LogP contribution in [0.15, 0.2) is 0 Å². The van der Waals surface area contributed by atoms with Crippen LogP contribution in [-0.2, 0) is 0 Å². The fourth-order valence-electron chi connectivity index (χ4n) is 3.01. The molecule has 0 aromatic rings. The van der Waals surface area contributed by atoms with Gasteiger partial charge in [0.1, 0.15) is 13.1 Å². The normalized spacial score (nSPS) is 14.9. The second-order valence-electron chi connectivity index (χ2n) is 6.52. The summed E-state index contributed by atoms with van der Waals surface area (Å²) in [7, 11) is 2.17. The van der Waals surface area contributed by atoms with Gasteiger partial charge in [-0.25, -0.2) is 0 Å². The molecule has 0 fully saturated rings. The smallest absolute Gasteiger partial charge is 0.234 e. The van der Waals surface area contributed by atoms with Gasteiger partial charge in [-0.1, -0.05) is 71.1 Å². The van der Waals surface area contributed by atoms with Gasteiger partial charge in [-0.15, -0.1) is 0 Å². The molecule has 2 nitrogen and oxygen atoms in total. The van der Waals surface area contributed by atoms with Crippen molar-refractivity contribution in [1.82, 2.24) is 4.90 Å². The van der Waals surface area contributed by atoms with Crippen molar-refractivity contribution < 1.29 is 4.58 Å². The lowest BCUT2D eigenvalue weighted by Crippen LogP contribution is -2.20. The molecule has 1 rings (SSSR count). The average Bonchev–Trinajstić information content (AvgIpc) is 2.86. The molecule has 0 saturated heterocycles. The van der Waals surface area contributed by atoms with Crippen molar-refractivity contribution in [3.63, 3.8) is 0 Å². The minimum Gasteiger partial charge on any atom is -0.267 e. The van der Waals surface area contributed by atoms with Crippen LogP contribution in [0.4, 0.5) is 0 Å². The lowest BCUT2D eigenvalue weighted by atomic mass is 10.1. The minimum atomic E-state index is 1.21. The van der Waals surface area contributed by atoms with Gasteiger partial charge in [0, 0.05) is 0 Å². The highest BCUT2D eigenvalue weighted by Crippen LogP contribution is 2.12. The maximum Gasteiger partial charge on any atom is 0.234 e. The van der Waals surface area contributed by atoms with E-state index in [4.69, 9.17) is 0 Å². The van der Waals surface area contributed by atoms with E-state index in [1.54, 1.807) is 0 Å². The molecule has 0 spiro atoms. The van der Waals surface area contributed by atoms with Crippen LogP contribution in [0.1, 0.15) is 84.0 Å². The SMILES string of the molecule is CCCCCCCCCCCCCCN1C=[N+](C)CC1. The molecule has 1 aliphatic heterocycles. The van der Waals surface area contributed by atoms with Gasteiger partial charge in [-0.2, -0.15) is 0 Å². The number of unbranched alkanes of at least 4 members (excludes halogenated alkanes) is 11. The first-order valence-corrected chi connectivity index (χ1v) is 9.12. The molecular formula is C18H37N2+. The highest BCUT2D eigenvalue weighted by atomic mass is 15.2. The van der Waals surface area contributed by atoms with Crippen LogP contribution in [-0.4, -0.2) is 42.5 Å². The van der Waals surface area contributed by atoms with Gasteiger partial charge in [-0.3, -0.25) is 9.48 Å². The van der Waals surface area contributed by atoms with Gasteiger partial charge in [0.15, 0.2) is 0 Å². The molecule has 0 N–H and O–H groups in total. The predicted octanol–water partition coefficient (Wildman–Crippen LogP) is 4.67. The van der Waals surface area contributed by atoms with E-state index in [-0.39, 0.29) is 0 Å². The van der Waals surface area contributed by atoms with Gasteiger partial charge in [0.05, 0.1) is 13.6 Å². The first-order chi connectivity index (χ1) is 9.83. The Balaban J connectivity index is 1.72. The van der Waals surface area contributed by atoms with Gasteiger partial charge in [0.2, 0.25) is 6.34 Å². The first kappa shape index (κ1) is 17.5. The molecule has 0 saturated carbocycles. The van der Waals surface area contributed by atoms with E-state index in [1.165, 1.54) is 96.7 Å². The molecule has 1 aliphatic rings. The molecule has 0 aliphatic carbocycles. The summed E-state index contributed by atoms with van der Waals surface area (Å²) in [5.74, 6) is 0. The summed E-state index contributed by atoms with van der Waals surface area (Å²) in [6.07, 6.45) is 19.6. The summed E-state index contributed by atoms with van der Waals surface area (Å²) in [5.41, 5.74) is 0. The highest BCUT2D eigenvalue weighted by Gasteiger charge is 2.14. The fourth-order valence-corrected chi connectivity index (χ4v) is 3.01. The van der Waals surface area contributed by atoms with Crippen molar-refractivity contribution in [2.24, 2.45) is 0 Å². The number of nitrogens with zero attached hydrogens (tertiary/aromatic N) is 2. The quantitative estimate of drug-likeness (QED) is 0.351. The Labute approximate surface area is 127 Å². The summed E-state index contributed by atoms with van der Waals surface area (Å²) in [6.45, 7) is 5.99. The molecule has 0 amide bonds. The van der Waals surface area contributed by atoms with E-state index in [2.05, 4.69) is 29.8 Å². The molecular weight excluding hydrogens is 244 g/mol. The monoisotopic (exact) mass is 281 g/mol. The molecule has 1 heterocycles. The maximum atomic E-state index is 2.47. The Morgan fingerprint density at radius 3 is 1.75 bits per heavy atom. The summed E-state index contributed by atoms with van der Waals surface area (Å²) >= 11 is 0. The standard InChI is InChI=1S/C18H37N2/c1-3-4-5-6-7-8-9-10-11-12-13-14-15-20-17-16-19(2)18-20/h18H,3-17H2,1-2H3/q+1. The third kappa shape index (κ3) is 9.39. The lowest BCUT2D eigenvalue weighted by molar-refractivity contribution is -0.482. The van der Waals surface area contributed by atoms with Crippen molar-refractivity contribution in [2.45, 2.75) is 84.0 Å². The largest absolute Gasteiger partial charge is 0.267 e. The minimum absolute atomic E-state index is 1.21. The summed E-state index contributed by atoms with van der Waals surface area (Å²) < 4.78 is 2.29. The molecule has 0 atom stereocenters. The van der Waals surface area contributed by atoms with E-state index < -0.39 is 0 Å². The van der Waals surface area contributed by atoms with E-state index >= 15 is 0 Å². The van der Waals surface area contributed by atoms with Crippen LogP contribution in [0, 0.1) is 0 Å². The topological polar surface area (TPSA) is 6.25 Å². The van der Waals surface area contributed by atoms with E-state index in [9.17, 15) is 0 Å². The van der Waals surface area contributed by atoms with Crippen molar-refractivity contribution in [3.8, 4) is 0 Å². The van der Waals surface area contributed by atoms with Crippen LogP contribution in [0.3, 0.4) is 0 Å². The molecule has 0 bridgehead atoms. The molecule has 2 heteroatoms. The predicted molar refractivity (Wildman–Crippen MR) is 89.8 cm³/mol. The number of hydrogen-bond donors (Lipinski definition) is 0. The van der Waals surface area contributed by atoms with Crippen molar-refractivity contribution in [3.05, 3.63) is 0 Å². The fraction of sp³-hybridized carbons (Fsp3) is 0.944. The Morgan fingerprint density at radius 1 is 0.800 bits per heavy atom. The van der Waals surface area contributed by atoms with Crippen LogP contribution < -0.4 is 0 Å². The molecule has 20 heavy (non-hydrogen) atoms. The first-order valence-electron chi connectivity index (χ1n) is 9.12. The third-order valence-electron chi connectivity index (χ3n) is 4.40. The number of hydrogen-bond acceptors (Lipinski definition) is 1. The van der Waals surface area contributed by atoms with Gasteiger partial charge in [0.25, 0.3) is 0 Å². The van der Waals surface area contributed by atoms with E-state index in [1.807, 2.05) is 0 Å². The van der Waals surface area contributed by atoms with Crippen LogP contribution in [0.25, 0.3) is 0 Å². The molecule has 118 valence electrons. The van der Waals surface area contributed by atoms with E-state index in [0.29, 0.717) is 0 Å². The molecule has 0 aromatic carbocycles. The number of rotatable bonds is 13. The van der Waals surface area contributed by atoms with Crippen LogP contribution in [0.2, 0.25) is 0 Å². The zero-order chi connectivity index (χ0) is 14.5. The maximum absolute atomic E-state index is 2.47. The zero-order valence-corrected chi connectivity index (χ0v) is 14.1. The van der Waals surface area contributed by atoms with Gasteiger partial charge in [-0.05, 0) is 12.8 Å². The third-order valence-corrected chi connectivity index (χ3v) is 4.40. The van der Waals surface area contributed by atoms with Crippen LogP contribution >= 0.6 is 0 Å². The molecule has 0 unspecified atom stereocenters. The second-order valence-corrected chi connectivity index (χ2v) is 6.52. The number of likely N-dealkylation sites (N-methyl/N-ethyl adjacent to an activating group) is 1.